The molecule has 5 heteroatoms. The number of likely N-dealkylation sites (tertiary alicyclic amines) is 1. The molecule has 0 radical (unpaired) electrons. The first-order valence-corrected chi connectivity index (χ1v) is 9.94. The Morgan fingerprint density at radius 3 is 2.54 bits per heavy atom. The van der Waals surface area contributed by atoms with Crippen molar-refractivity contribution in [3.63, 3.8) is 0 Å². The van der Waals surface area contributed by atoms with Gasteiger partial charge in [0.25, 0.3) is 5.91 Å². The standard InChI is InChI=1S/C23H26N4O/c28-23(21-9-7-19(8-10-21)16-27-14-11-24-18-27)25-22-6-4-5-20(15-22)17-26-12-2-1-3-13-26/h4-11,14-15,18H,1-3,12-13,16-17H2,(H,25,28). The summed E-state index contributed by atoms with van der Waals surface area (Å²) in [4.78, 5) is 19.1. The summed E-state index contributed by atoms with van der Waals surface area (Å²) >= 11 is 0. The van der Waals surface area contributed by atoms with Crippen LogP contribution in [0.3, 0.4) is 0 Å². The van der Waals surface area contributed by atoms with E-state index in [-0.39, 0.29) is 5.91 Å². The van der Waals surface area contributed by atoms with Gasteiger partial charge in [-0.25, -0.2) is 4.98 Å². The minimum Gasteiger partial charge on any atom is -0.333 e. The van der Waals surface area contributed by atoms with E-state index in [1.807, 2.05) is 47.2 Å². The van der Waals surface area contributed by atoms with Gasteiger partial charge in [-0.2, -0.15) is 0 Å². The third-order valence-electron chi connectivity index (χ3n) is 5.18. The van der Waals surface area contributed by atoms with Gasteiger partial charge < -0.3 is 9.88 Å². The molecule has 144 valence electrons. The molecule has 0 saturated carbocycles. The molecule has 0 atom stereocenters. The zero-order valence-corrected chi connectivity index (χ0v) is 16.1. The number of hydrogen-bond acceptors (Lipinski definition) is 3. The van der Waals surface area contributed by atoms with Gasteiger partial charge in [0.1, 0.15) is 0 Å². The number of nitrogens with one attached hydrogen (secondary N) is 1. The Bertz CT molecular complexity index is 897. The molecule has 1 fully saturated rings. The SMILES string of the molecule is O=C(Nc1cccc(CN2CCCCC2)c1)c1ccc(Cn2ccnc2)cc1. The number of amides is 1. The molecule has 0 unspecified atom stereocenters. The van der Waals surface area contributed by atoms with E-state index in [0.717, 1.165) is 24.3 Å². The number of anilines is 1. The Hall–Kier alpha value is -2.92. The maximum absolute atomic E-state index is 12.6. The predicted molar refractivity (Wildman–Crippen MR) is 111 cm³/mol. The second kappa shape index (κ2) is 8.85. The highest BCUT2D eigenvalue weighted by atomic mass is 16.1. The second-order valence-electron chi connectivity index (χ2n) is 7.42. The fraction of sp³-hybridized carbons (Fsp3) is 0.304. The zero-order valence-electron chi connectivity index (χ0n) is 16.1. The number of carbonyl (C=O) groups excluding carboxylic acids is 1. The number of carbonyl (C=O) groups is 1. The van der Waals surface area contributed by atoms with Gasteiger partial charge >= 0.3 is 0 Å². The molecular formula is C23H26N4O. The topological polar surface area (TPSA) is 50.2 Å². The average Bonchev–Trinajstić information content (AvgIpc) is 3.23. The van der Waals surface area contributed by atoms with Crippen LogP contribution in [0.5, 0.6) is 0 Å². The first-order valence-electron chi connectivity index (χ1n) is 9.94. The molecule has 5 nitrogen and oxygen atoms in total. The fourth-order valence-electron chi connectivity index (χ4n) is 3.68. The van der Waals surface area contributed by atoms with Gasteiger partial charge in [0.05, 0.1) is 6.33 Å². The fourth-order valence-corrected chi connectivity index (χ4v) is 3.68. The monoisotopic (exact) mass is 374 g/mol. The lowest BCUT2D eigenvalue weighted by Gasteiger charge is -2.26. The smallest absolute Gasteiger partial charge is 0.255 e. The van der Waals surface area contributed by atoms with Gasteiger partial charge in [-0.3, -0.25) is 9.69 Å². The number of hydrogen-bond donors (Lipinski definition) is 1. The molecule has 28 heavy (non-hydrogen) atoms. The summed E-state index contributed by atoms with van der Waals surface area (Å²) < 4.78 is 2.00. The highest BCUT2D eigenvalue weighted by molar-refractivity contribution is 6.04. The third kappa shape index (κ3) is 4.87. The van der Waals surface area contributed by atoms with Crippen LogP contribution in [0.2, 0.25) is 0 Å². The minimum atomic E-state index is -0.0793. The Labute approximate surface area is 166 Å². The van der Waals surface area contributed by atoms with E-state index in [0.29, 0.717) is 5.56 Å². The summed E-state index contributed by atoms with van der Waals surface area (Å²) in [5, 5.41) is 3.03. The van der Waals surface area contributed by atoms with Crippen molar-refractivity contribution in [1.82, 2.24) is 14.5 Å². The van der Waals surface area contributed by atoms with Crippen LogP contribution >= 0.6 is 0 Å². The van der Waals surface area contributed by atoms with Crippen molar-refractivity contribution in [2.45, 2.75) is 32.4 Å². The molecule has 0 aliphatic carbocycles. The molecule has 1 amide bonds. The zero-order chi connectivity index (χ0) is 19.2. The first kappa shape index (κ1) is 18.4. The van der Waals surface area contributed by atoms with Gasteiger partial charge in [0.2, 0.25) is 0 Å². The maximum Gasteiger partial charge on any atom is 0.255 e. The number of benzene rings is 2. The van der Waals surface area contributed by atoms with Gasteiger partial charge in [-0.05, 0) is 61.3 Å². The summed E-state index contributed by atoms with van der Waals surface area (Å²) in [7, 11) is 0. The second-order valence-corrected chi connectivity index (χ2v) is 7.42. The van der Waals surface area contributed by atoms with Crippen LogP contribution in [0.1, 0.15) is 40.7 Å². The molecule has 1 saturated heterocycles. The number of rotatable bonds is 6. The summed E-state index contributed by atoms with van der Waals surface area (Å²) in [6.07, 6.45) is 9.39. The summed E-state index contributed by atoms with van der Waals surface area (Å²) in [6, 6.07) is 15.9. The predicted octanol–water partition coefficient (Wildman–Crippen LogP) is 4.17. The molecule has 2 heterocycles. The molecule has 1 aromatic heterocycles. The van der Waals surface area contributed by atoms with Crippen LogP contribution in [0.4, 0.5) is 5.69 Å². The van der Waals surface area contributed by atoms with Crippen molar-refractivity contribution in [2.75, 3.05) is 18.4 Å². The van der Waals surface area contributed by atoms with E-state index in [2.05, 4.69) is 27.3 Å². The summed E-state index contributed by atoms with van der Waals surface area (Å²) in [5.41, 5.74) is 3.89. The van der Waals surface area contributed by atoms with E-state index in [1.165, 1.54) is 37.9 Å². The van der Waals surface area contributed by atoms with E-state index in [9.17, 15) is 4.79 Å². The molecule has 1 N–H and O–H groups in total. The van der Waals surface area contributed by atoms with Crippen molar-refractivity contribution < 1.29 is 4.79 Å². The van der Waals surface area contributed by atoms with Gasteiger partial charge in [0.15, 0.2) is 0 Å². The molecule has 1 aliphatic heterocycles. The van der Waals surface area contributed by atoms with E-state index in [1.54, 1.807) is 12.5 Å². The number of imidazole rings is 1. The maximum atomic E-state index is 12.6. The van der Waals surface area contributed by atoms with Gasteiger partial charge in [0, 0.05) is 36.7 Å². The van der Waals surface area contributed by atoms with Crippen LogP contribution in [0.25, 0.3) is 0 Å². The lowest BCUT2D eigenvalue weighted by Crippen LogP contribution is -2.29. The highest BCUT2D eigenvalue weighted by Crippen LogP contribution is 2.17. The largest absolute Gasteiger partial charge is 0.333 e. The lowest BCUT2D eigenvalue weighted by atomic mass is 10.1. The van der Waals surface area contributed by atoms with E-state index < -0.39 is 0 Å². The number of nitrogens with zero attached hydrogens (tertiary/aromatic N) is 3. The van der Waals surface area contributed by atoms with Crippen LogP contribution in [0, 0.1) is 0 Å². The molecule has 0 spiro atoms. The van der Waals surface area contributed by atoms with Gasteiger partial charge in [-0.1, -0.05) is 30.7 Å². The molecule has 3 aromatic rings. The van der Waals surface area contributed by atoms with Crippen LogP contribution in [-0.2, 0) is 13.1 Å². The molecule has 2 aromatic carbocycles. The normalized spacial score (nSPS) is 14.7. The summed E-state index contributed by atoms with van der Waals surface area (Å²) in [5.74, 6) is -0.0793. The highest BCUT2D eigenvalue weighted by Gasteiger charge is 2.11. The Balaban J connectivity index is 1.37. The lowest BCUT2D eigenvalue weighted by molar-refractivity contribution is 0.102. The first-order chi connectivity index (χ1) is 13.8. The van der Waals surface area contributed by atoms with Crippen molar-refractivity contribution >= 4 is 11.6 Å². The van der Waals surface area contributed by atoms with Crippen molar-refractivity contribution in [1.29, 1.82) is 0 Å². The Morgan fingerprint density at radius 2 is 1.79 bits per heavy atom. The molecule has 1 aliphatic rings. The van der Waals surface area contributed by atoms with E-state index >= 15 is 0 Å². The Kier molecular flexibility index (Phi) is 5.83. The van der Waals surface area contributed by atoms with Crippen molar-refractivity contribution in [3.8, 4) is 0 Å². The van der Waals surface area contributed by atoms with Crippen LogP contribution in [-0.4, -0.2) is 33.4 Å². The Morgan fingerprint density at radius 1 is 0.964 bits per heavy atom. The summed E-state index contributed by atoms with van der Waals surface area (Å²) in [6.45, 7) is 4.04. The van der Waals surface area contributed by atoms with Crippen molar-refractivity contribution in [3.05, 3.63) is 83.9 Å². The third-order valence-corrected chi connectivity index (χ3v) is 5.18. The average molecular weight is 374 g/mol. The molecule has 4 rings (SSSR count). The number of aromatic nitrogens is 2. The van der Waals surface area contributed by atoms with E-state index in [4.69, 9.17) is 0 Å². The molecule has 0 bridgehead atoms. The minimum absolute atomic E-state index is 0.0793. The quantitative estimate of drug-likeness (QED) is 0.704. The van der Waals surface area contributed by atoms with Gasteiger partial charge in [-0.15, -0.1) is 0 Å². The molecular weight excluding hydrogens is 348 g/mol. The van der Waals surface area contributed by atoms with Crippen LogP contribution < -0.4 is 5.32 Å². The number of piperidine rings is 1. The van der Waals surface area contributed by atoms with Crippen LogP contribution in [0.15, 0.2) is 67.3 Å². The van der Waals surface area contributed by atoms with Crippen molar-refractivity contribution in [2.24, 2.45) is 0 Å².